The number of hydrogen-bond donors (Lipinski definition) is 2. The highest BCUT2D eigenvalue weighted by Gasteiger charge is 2.64. The average molecular weight is 328 g/mol. The molecule has 0 aromatic rings. The monoisotopic (exact) mass is 328 g/mol. The summed E-state index contributed by atoms with van der Waals surface area (Å²) in [6.45, 7) is 9.54. The second-order valence-corrected chi connectivity index (χ2v) is 6.86. The van der Waals surface area contributed by atoms with Gasteiger partial charge >= 0.3 is 11.9 Å². The highest BCUT2D eigenvalue weighted by atomic mass is 16.7. The second-order valence-electron chi connectivity index (χ2n) is 6.86. The van der Waals surface area contributed by atoms with Crippen LogP contribution in [-0.4, -0.2) is 35.9 Å². The summed E-state index contributed by atoms with van der Waals surface area (Å²) in [6.07, 6.45) is 3.48. The molecule has 0 aliphatic carbocycles. The maximum atomic E-state index is 12.7. The van der Waals surface area contributed by atoms with Gasteiger partial charge in [-0.05, 0) is 25.8 Å². The summed E-state index contributed by atoms with van der Waals surface area (Å²) in [6, 6.07) is 0. The van der Waals surface area contributed by atoms with Crippen molar-refractivity contribution in [3.63, 3.8) is 0 Å². The van der Waals surface area contributed by atoms with Crippen LogP contribution in [0.5, 0.6) is 0 Å². The number of cyclic esters (lactones) is 2. The lowest BCUT2D eigenvalue weighted by molar-refractivity contribution is -0.257. The Kier molecular flexibility index (Phi) is 6.21. The van der Waals surface area contributed by atoms with Crippen LogP contribution in [0.2, 0.25) is 0 Å². The lowest BCUT2D eigenvalue weighted by Gasteiger charge is -2.49. The summed E-state index contributed by atoms with van der Waals surface area (Å²) in [4.78, 5) is 25.4. The van der Waals surface area contributed by atoms with Crippen molar-refractivity contribution in [3.05, 3.63) is 0 Å². The molecule has 1 fully saturated rings. The van der Waals surface area contributed by atoms with Gasteiger partial charge in [-0.25, -0.2) is 9.59 Å². The van der Waals surface area contributed by atoms with E-state index in [1.54, 1.807) is 14.0 Å². The molecular formula is C17H32N2O4. The minimum absolute atomic E-state index is 0.280. The van der Waals surface area contributed by atoms with Crippen molar-refractivity contribution in [3.8, 4) is 0 Å². The SMILES string of the molecule is CCCC(C)CC1(C)OC(=O)C(N)(C(CC)(CC)NC)C(=O)O1. The van der Waals surface area contributed by atoms with Crippen LogP contribution >= 0.6 is 0 Å². The third kappa shape index (κ3) is 3.38. The Morgan fingerprint density at radius 2 is 1.65 bits per heavy atom. The Labute approximate surface area is 139 Å². The molecule has 0 amide bonds. The Balaban J connectivity index is 3.09. The Hall–Kier alpha value is -1.14. The van der Waals surface area contributed by atoms with Crippen molar-refractivity contribution < 1.29 is 19.1 Å². The standard InChI is InChI=1S/C17H32N2O4/c1-7-10-12(4)11-15(5)22-13(20)17(18,14(21)23-15)16(8-2,9-3)19-6/h12,19H,7-11,18H2,1-6H3. The van der Waals surface area contributed by atoms with Gasteiger partial charge in [-0.1, -0.05) is 40.5 Å². The molecule has 0 spiro atoms. The van der Waals surface area contributed by atoms with Gasteiger partial charge in [-0.15, -0.1) is 0 Å². The quantitative estimate of drug-likeness (QED) is 0.524. The third-order valence-corrected chi connectivity index (χ3v) is 5.20. The fraction of sp³-hybridized carbons (Fsp3) is 0.882. The number of carbonyl (C=O) groups excluding carboxylic acids is 2. The fourth-order valence-corrected chi connectivity index (χ4v) is 3.72. The lowest BCUT2D eigenvalue weighted by atomic mass is 9.72. The molecule has 23 heavy (non-hydrogen) atoms. The van der Waals surface area contributed by atoms with E-state index >= 15 is 0 Å². The highest BCUT2D eigenvalue weighted by Crippen LogP contribution is 2.38. The van der Waals surface area contributed by atoms with E-state index in [9.17, 15) is 9.59 Å². The third-order valence-electron chi connectivity index (χ3n) is 5.20. The minimum Gasteiger partial charge on any atom is -0.421 e. The molecule has 0 radical (unpaired) electrons. The first-order chi connectivity index (χ1) is 10.6. The average Bonchev–Trinajstić information content (AvgIpc) is 2.47. The molecule has 134 valence electrons. The van der Waals surface area contributed by atoms with E-state index in [0.717, 1.165) is 12.8 Å². The van der Waals surface area contributed by atoms with Crippen LogP contribution in [0.25, 0.3) is 0 Å². The van der Waals surface area contributed by atoms with Gasteiger partial charge in [0.25, 0.3) is 5.79 Å². The first-order valence-corrected chi connectivity index (χ1v) is 8.59. The van der Waals surface area contributed by atoms with E-state index < -0.39 is 28.8 Å². The fourth-order valence-electron chi connectivity index (χ4n) is 3.72. The molecule has 6 nitrogen and oxygen atoms in total. The molecule has 0 saturated carbocycles. The predicted molar refractivity (Wildman–Crippen MR) is 88.6 cm³/mol. The van der Waals surface area contributed by atoms with E-state index in [0.29, 0.717) is 19.3 Å². The number of esters is 2. The molecular weight excluding hydrogens is 296 g/mol. The van der Waals surface area contributed by atoms with Crippen molar-refractivity contribution in [1.29, 1.82) is 0 Å². The summed E-state index contributed by atoms with van der Waals surface area (Å²) in [5.41, 5.74) is 3.53. The Morgan fingerprint density at radius 1 is 1.17 bits per heavy atom. The van der Waals surface area contributed by atoms with Crippen LogP contribution in [0.4, 0.5) is 0 Å². The molecule has 0 aromatic heterocycles. The molecule has 1 unspecified atom stereocenters. The smallest absolute Gasteiger partial charge is 0.343 e. The molecule has 0 bridgehead atoms. The van der Waals surface area contributed by atoms with Crippen molar-refractivity contribution in [2.45, 2.75) is 83.6 Å². The van der Waals surface area contributed by atoms with E-state index in [4.69, 9.17) is 15.2 Å². The normalized spacial score (nSPS) is 29.9. The van der Waals surface area contributed by atoms with Crippen molar-refractivity contribution >= 4 is 11.9 Å². The first kappa shape index (κ1) is 19.9. The molecule has 1 heterocycles. The van der Waals surface area contributed by atoms with Gasteiger partial charge in [0.15, 0.2) is 0 Å². The second kappa shape index (κ2) is 7.18. The van der Waals surface area contributed by atoms with Crippen LogP contribution in [0, 0.1) is 5.92 Å². The topological polar surface area (TPSA) is 90.6 Å². The lowest BCUT2D eigenvalue weighted by Crippen LogP contribution is -2.78. The molecule has 1 rings (SSSR count). The summed E-state index contributed by atoms with van der Waals surface area (Å²) in [5.74, 6) is -2.38. The number of nitrogens with two attached hydrogens (primary N) is 1. The maximum Gasteiger partial charge on any atom is 0.343 e. The number of ether oxygens (including phenoxy) is 2. The van der Waals surface area contributed by atoms with Gasteiger partial charge < -0.3 is 20.5 Å². The zero-order valence-electron chi connectivity index (χ0n) is 15.3. The van der Waals surface area contributed by atoms with Gasteiger partial charge in [-0.3, -0.25) is 0 Å². The zero-order chi connectivity index (χ0) is 17.9. The number of hydrogen-bond acceptors (Lipinski definition) is 6. The summed E-state index contributed by atoms with van der Waals surface area (Å²) in [5, 5.41) is 3.05. The van der Waals surface area contributed by atoms with Gasteiger partial charge in [-0.2, -0.15) is 0 Å². The summed E-state index contributed by atoms with van der Waals surface area (Å²) < 4.78 is 11.1. The van der Waals surface area contributed by atoms with Gasteiger partial charge in [0.05, 0.1) is 5.54 Å². The predicted octanol–water partition coefficient (Wildman–Crippen LogP) is 2.10. The first-order valence-electron chi connectivity index (χ1n) is 8.59. The molecule has 0 aromatic carbocycles. The van der Waals surface area contributed by atoms with E-state index in [1.165, 1.54) is 0 Å². The van der Waals surface area contributed by atoms with E-state index in [1.807, 2.05) is 13.8 Å². The molecule has 3 N–H and O–H groups in total. The molecule has 1 aliphatic rings. The van der Waals surface area contributed by atoms with E-state index in [-0.39, 0.29) is 5.92 Å². The molecule has 1 atom stereocenters. The van der Waals surface area contributed by atoms with Crippen LogP contribution in [-0.2, 0) is 19.1 Å². The molecule has 6 heteroatoms. The highest BCUT2D eigenvalue weighted by molar-refractivity contribution is 6.08. The maximum absolute atomic E-state index is 12.7. The van der Waals surface area contributed by atoms with E-state index in [2.05, 4.69) is 19.2 Å². The van der Waals surface area contributed by atoms with Crippen LogP contribution in [0.3, 0.4) is 0 Å². The van der Waals surface area contributed by atoms with Crippen molar-refractivity contribution in [1.82, 2.24) is 5.32 Å². The van der Waals surface area contributed by atoms with Gasteiger partial charge in [0.2, 0.25) is 5.54 Å². The van der Waals surface area contributed by atoms with Crippen molar-refractivity contribution in [2.24, 2.45) is 11.7 Å². The number of rotatable bonds is 8. The van der Waals surface area contributed by atoms with Crippen LogP contribution in [0.1, 0.15) is 66.7 Å². The largest absolute Gasteiger partial charge is 0.421 e. The number of likely N-dealkylation sites (N-methyl/N-ethyl adjacent to an activating group) is 1. The Bertz CT molecular complexity index is 420. The van der Waals surface area contributed by atoms with Crippen LogP contribution in [0.15, 0.2) is 0 Å². The molecule has 1 saturated heterocycles. The van der Waals surface area contributed by atoms with Crippen molar-refractivity contribution in [2.75, 3.05) is 7.05 Å². The minimum atomic E-state index is -1.83. The summed E-state index contributed by atoms with van der Waals surface area (Å²) in [7, 11) is 1.69. The molecule has 1 aliphatic heterocycles. The number of nitrogens with one attached hydrogen (secondary N) is 1. The number of carbonyl (C=O) groups is 2. The summed E-state index contributed by atoms with van der Waals surface area (Å²) >= 11 is 0. The van der Waals surface area contributed by atoms with Gasteiger partial charge in [0.1, 0.15) is 0 Å². The Morgan fingerprint density at radius 3 is 2.00 bits per heavy atom. The van der Waals surface area contributed by atoms with Gasteiger partial charge in [0, 0.05) is 13.3 Å². The zero-order valence-corrected chi connectivity index (χ0v) is 15.3. The van der Waals surface area contributed by atoms with Crippen LogP contribution < -0.4 is 11.1 Å².